The topological polar surface area (TPSA) is 32.6 Å². The summed E-state index contributed by atoms with van der Waals surface area (Å²) in [6, 6.07) is 0. The fraction of sp³-hybridized carbons (Fsp3) is 0.375. The zero-order valence-corrected chi connectivity index (χ0v) is 6.25. The summed E-state index contributed by atoms with van der Waals surface area (Å²) in [5.41, 5.74) is 0.697. The molecule has 0 aromatic heterocycles. The number of hydrogen-bond donors (Lipinski definition) is 1. The molecular formula is C8H13NO. The van der Waals surface area contributed by atoms with Crippen LogP contribution in [0.15, 0.2) is 29.4 Å². The zero-order valence-electron chi connectivity index (χ0n) is 6.25. The predicted octanol–water partition coefficient (Wildman–Crippen LogP) is 1.53. The van der Waals surface area contributed by atoms with E-state index in [1.165, 1.54) is 0 Å². The molecule has 10 heavy (non-hydrogen) atoms. The van der Waals surface area contributed by atoms with Gasteiger partial charge in [0.1, 0.15) is 0 Å². The molecular weight excluding hydrogens is 126 g/mol. The Bertz CT molecular complexity index is 145. The monoisotopic (exact) mass is 139 g/mol. The Morgan fingerprint density at radius 2 is 2.40 bits per heavy atom. The highest BCUT2D eigenvalue weighted by Crippen LogP contribution is 1.95. The average Bonchev–Trinajstić information content (AvgIpc) is 1.98. The Morgan fingerprint density at radius 1 is 1.70 bits per heavy atom. The van der Waals surface area contributed by atoms with Crippen molar-refractivity contribution in [3.05, 3.63) is 24.4 Å². The van der Waals surface area contributed by atoms with Crippen LogP contribution < -0.4 is 0 Å². The van der Waals surface area contributed by atoms with E-state index in [-0.39, 0.29) is 6.61 Å². The van der Waals surface area contributed by atoms with Crippen LogP contribution in [-0.2, 0) is 0 Å². The SMILES string of the molecule is C=CC=N/C(=C\CC)CO. The smallest absolute Gasteiger partial charge is 0.0849 e. The number of aliphatic hydroxyl groups is 1. The molecule has 56 valence electrons. The van der Waals surface area contributed by atoms with E-state index in [0.29, 0.717) is 5.70 Å². The largest absolute Gasteiger partial charge is 0.390 e. The molecule has 0 aliphatic carbocycles. The Kier molecular flexibility index (Phi) is 5.68. The molecule has 0 unspecified atom stereocenters. The number of rotatable bonds is 4. The summed E-state index contributed by atoms with van der Waals surface area (Å²) in [5.74, 6) is 0. The average molecular weight is 139 g/mol. The van der Waals surface area contributed by atoms with E-state index in [1.54, 1.807) is 12.3 Å². The third-order valence-electron chi connectivity index (χ3n) is 0.948. The lowest BCUT2D eigenvalue weighted by molar-refractivity contribution is 0.329. The molecule has 0 saturated carbocycles. The summed E-state index contributed by atoms with van der Waals surface area (Å²) >= 11 is 0. The maximum atomic E-state index is 8.67. The van der Waals surface area contributed by atoms with Gasteiger partial charge in [-0.05, 0) is 6.42 Å². The summed E-state index contributed by atoms with van der Waals surface area (Å²) < 4.78 is 0. The second kappa shape index (κ2) is 6.23. The first-order chi connectivity index (χ1) is 4.85. The van der Waals surface area contributed by atoms with Gasteiger partial charge < -0.3 is 5.11 Å². The number of aliphatic imine (C=N–C) groups is 1. The van der Waals surface area contributed by atoms with Gasteiger partial charge in [0.2, 0.25) is 0 Å². The van der Waals surface area contributed by atoms with E-state index >= 15 is 0 Å². The van der Waals surface area contributed by atoms with Gasteiger partial charge in [-0.15, -0.1) is 0 Å². The lowest BCUT2D eigenvalue weighted by Gasteiger charge is -1.91. The van der Waals surface area contributed by atoms with Crippen molar-refractivity contribution in [3.8, 4) is 0 Å². The van der Waals surface area contributed by atoms with Gasteiger partial charge in [-0.2, -0.15) is 0 Å². The molecule has 2 heteroatoms. The van der Waals surface area contributed by atoms with Gasteiger partial charge in [0, 0.05) is 6.21 Å². The minimum absolute atomic E-state index is 0.00181. The van der Waals surface area contributed by atoms with Gasteiger partial charge in [-0.25, -0.2) is 0 Å². The third kappa shape index (κ3) is 4.04. The predicted molar refractivity (Wildman–Crippen MR) is 44.1 cm³/mol. The van der Waals surface area contributed by atoms with E-state index < -0.39 is 0 Å². The number of hydrogen-bond acceptors (Lipinski definition) is 2. The molecule has 0 rings (SSSR count). The van der Waals surface area contributed by atoms with E-state index in [4.69, 9.17) is 5.11 Å². The van der Waals surface area contributed by atoms with E-state index in [1.807, 2.05) is 13.0 Å². The molecule has 0 atom stereocenters. The van der Waals surface area contributed by atoms with Crippen molar-refractivity contribution in [2.75, 3.05) is 6.61 Å². The van der Waals surface area contributed by atoms with Crippen LogP contribution in [0.1, 0.15) is 13.3 Å². The van der Waals surface area contributed by atoms with Gasteiger partial charge in [-0.3, -0.25) is 4.99 Å². The fourth-order valence-electron chi connectivity index (χ4n) is 0.542. The summed E-state index contributed by atoms with van der Waals surface area (Å²) in [6.45, 7) is 5.47. The second-order valence-electron chi connectivity index (χ2n) is 1.78. The lowest BCUT2D eigenvalue weighted by Crippen LogP contribution is -1.85. The minimum atomic E-state index is -0.00181. The first-order valence-electron chi connectivity index (χ1n) is 3.30. The van der Waals surface area contributed by atoms with Gasteiger partial charge in [0.05, 0.1) is 12.3 Å². The first-order valence-corrected chi connectivity index (χ1v) is 3.30. The first kappa shape index (κ1) is 9.11. The Labute approximate surface area is 61.6 Å². The van der Waals surface area contributed by atoms with Crippen LogP contribution >= 0.6 is 0 Å². The van der Waals surface area contributed by atoms with Crippen molar-refractivity contribution in [2.24, 2.45) is 4.99 Å². The van der Waals surface area contributed by atoms with Gasteiger partial charge >= 0.3 is 0 Å². The van der Waals surface area contributed by atoms with Crippen LogP contribution in [-0.4, -0.2) is 17.9 Å². The molecule has 0 radical (unpaired) electrons. The standard InChI is InChI=1S/C8H13NO/c1-3-5-8(7-10)9-6-4-2/h4-6,10H,2-3,7H2,1H3/b8-5-,9-6?. The van der Waals surface area contributed by atoms with Crippen LogP contribution in [0.5, 0.6) is 0 Å². The molecule has 0 aliphatic heterocycles. The molecule has 0 aromatic rings. The number of aliphatic hydroxyl groups excluding tert-OH is 1. The maximum absolute atomic E-state index is 8.67. The van der Waals surface area contributed by atoms with Crippen molar-refractivity contribution in [3.63, 3.8) is 0 Å². The Balaban J connectivity index is 3.94. The lowest BCUT2D eigenvalue weighted by atomic mass is 10.3. The van der Waals surface area contributed by atoms with Crippen LogP contribution in [0.3, 0.4) is 0 Å². The summed E-state index contributed by atoms with van der Waals surface area (Å²) in [7, 11) is 0. The summed E-state index contributed by atoms with van der Waals surface area (Å²) in [5, 5.41) is 8.67. The maximum Gasteiger partial charge on any atom is 0.0849 e. The quantitative estimate of drug-likeness (QED) is 0.588. The molecule has 0 aliphatic rings. The van der Waals surface area contributed by atoms with E-state index in [0.717, 1.165) is 6.42 Å². The summed E-state index contributed by atoms with van der Waals surface area (Å²) in [6.07, 6.45) is 5.92. The molecule has 0 bridgehead atoms. The molecule has 2 nitrogen and oxygen atoms in total. The molecule has 0 aromatic carbocycles. The molecule has 0 fully saturated rings. The fourth-order valence-corrected chi connectivity index (χ4v) is 0.542. The molecule has 0 saturated heterocycles. The molecule has 1 N–H and O–H groups in total. The Morgan fingerprint density at radius 3 is 2.80 bits per heavy atom. The molecule has 0 spiro atoms. The second-order valence-corrected chi connectivity index (χ2v) is 1.78. The van der Waals surface area contributed by atoms with Crippen molar-refractivity contribution in [1.82, 2.24) is 0 Å². The highest BCUT2D eigenvalue weighted by Gasteiger charge is 1.85. The van der Waals surface area contributed by atoms with Crippen molar-refractivity contribution in [2.45, 2.75) is 13.3 Å². The third-order valence-corrected chi connectivity index (χ3v) is 0.948. The van der Waals surface area contributed by atoms with E-state index in [2.05, 4.69) is 11.6 Å². The summed E-state index contributed by atoms with van der Waals surface area (Å²) in [4.78, 5) is 3.92. The normalized spacial score (nSPS) is 12.4. The molecule has 0 amide bonds. The number of nitrogens with zero attached hydrogens (tertiary/aromatic N) is 1. The van der Waals surface area contributed by atoms with Crippen molar-refractivity contribution in [1.29, 1.82) is 0 Å². The molecule has 0 heterocycles. The Hall–Kier alpha value is -0.890. The van der Waals surface area contributed by atoms with Crippen LogP contribution in [0.2, 0.25) is 0 Å². The minimum Gasteiger partial charge on any atom is -0.390 e. The van der Waals surface area contributed by atoms with Crippen molar-refractivity contribution < 1.29 is 5.11 Å². The van der Waals surface area contributed by atoms with Gasteiger partial charge in [0.25, 0.3) is 0 Å². The van der Waals surface area contributed by atoms with Crippen molar-refractivity contribution >= 4 is 6.21 Å². The highest BCUT2D eigenvalue weighted by atomic mass is 16.3. The van der Waals surface area contributed by atoms with Crippen LogP contribution in [0, 0.1) is 0 Å². The van der Waals surface area contributed by atoms with E-state index in [9.17, 15) is 0 Å². The van der Waals surface area contributed by atoms with Crippen LogP contribution in [0.25, 0.3) is 0 Å². The zero-order chi connectivity index (χ0) is 7.82. The number of allylic oxidation sites excluding steroid dienone is 2. The highest BCUT2D eigenvalue weighted by molar-refractivity contribution is 5.71. The van der Waals surface area contributed by atoms with Gasteiger partial charge in [-0.1, -0.05) is 25.7 Å². The van der Waals surface area contributed by atoms with Crippen LogP contribution in [0.4, 0.5) is 0 Å². The van der Waals surface area contributed by atoms with Gasteiger partial charge in [0.15, 0.2) is 0 Å².